The fourth-order valence-electron chi connectivity index (χ4n) is 4.37. The van der Waals surface area contributed by atoms with E-state index in [1.807, 2.05) is 30.3 Å². The third kappa shape index (κ3) is 8.78. The Morgan fingerprint density at radius 1 is 1.05 bits per heavy atom. The lowest BCUT2D eigenvalue weighted by atomic mass is 9.99. The molecule has 0 aromatic heterocycles. The van der Waals surface area contributed by atoms with Crippen LogP contribution in [0.1, 0.15) is 77.0 Å². The Morgan fingerprint density at radius 3 is 2.37 bits per heavy atom. The summed E-state index contributed by atoms with van der Waals surface area (Å²) >= 11 is 0. The molecule has 2 unspecified atom stereocenters. The van der Waals surface area contributed by atoms with E-state index in [0.29, 0.717) is 12.1 Å². The van der Waals surface area contributed by atoms with Crippen LogP contribution in [0.4, 0.5) is 4.79 Å². The van der Waals surface area contributed by atoms with Crippen molar-refractivity contribution in [1.82, 2.24) is 15.5 Å². The zero-order valence-electron chi connectivity index (χ0n) is 22.9. The Balaban J connectivity index is 1.95. The minimum Gasteiger partial charge on any atom is -0.508 e. The second-order valence-corrected chi connectivity index (χ2v) is 10.9. The number of nitrogens with zero attached hydrogens (tertiary/aromatic N) is 1. The molecule has 3 rings (SSSR count). The van der Waals surface area contributed by atoms with Crippen molar-refractivity contribution in [2.75, 3.05) is 6.54 Å². The summed E-state index contributed by atoms with van der Waals surface area (Å²) < 4.78 is 5.46. The average Bonchev–Trinajstić information content (AvgIpc) is 3.69. The number of phenolic OH excluding ortho intramolecular Hbond substituents is 1. The molecule has 38 heavy (non-hydrogen) atoms. The van der Waals surface area contributed by atoms with Gasteiger partial charge in [0.2, 0.25) is 11.8 Å². The molecule has 1 aliphatic rings. The van der Waals surface area contributed by atoms with Crippen molar-refractivity contribution < 1.29 is 24.2 Å². The molecular weight excluding hydrogens is 482 g/mol. The monoisotopic (exact) mass is 523 g/mol. The molecule has 3 N–H and O–H groups in total. The number of alkyl carbamates (subject to hydrolysis) is 1. The highest BCUT2D eigenvalue weighted by Crippen LogP contribution is 2.36. The number of nitrogens with one attached hydrogen (secondary N) is 2. The molecule has 206 valence electrons. The third-order valence-corrected chi connectivity index (χ3v) is 6.26. The number of phenols is 1. The van der Waals surface area contributed by atoms with Gasteiger partial charge < -0.3 is 25.4 Å². The van der Waals surface area contributed by atoms with Crippen molar-refractivity contribution in [3.05, 3.63) is 65.7 Å². The molecule has 0 spiro atoms. The predicted octanol–water partition coefficient (Wildman–Crippen LogP) is 4.87. The number of amides is 3. The van der Waals surface area contributed by atoms with Gasteiger partial charge in [-0.15, -0.1) is 0 Å². The Labute approximate surface area is 225 Å². The number of unbranched alkanes of at least 4 members (excludes halogenated alkanes) is 2. The van der Waals surface area contributed by atoms with Crippen molar-refractivity contribution in [2.45, 2.75) is 89.9 Å². The summed E-state index contributed by atoms with van der Waals surface area (Å²) in [4.78, 5) is 42.2. The van der Waals surface area contributed by atoms with Crippen LogP contribution in [-0.4, -0.2) is 52.1 Å². The molecule has 2 aromatic carbocycles. The van der Waals surface area contributed by atoms with E-state index in [1.54, 1.807) is 37.8 Å². The van der Waals surface area contributed by atoms with Gasteiger partial charge in [0.15, 0.2) is 0 Å². The molecule has 8 nitrogen and oxygen atoms in total. The molecule has 1 saturated carbocycles. The van der Waals surface area contributed by atoms with Crippen LogP contribution in [0.5, 0.6) is 5.75 Å². The molecule has 8 heteroatoms. The first kappa shape index (κ1) is 29.0. The molecule has 3 amide bonds. The SMILES string of the molecule is CCCCCNC(=O)C(c1cccc(O)c1)N(C(=O)C(Cc1ccccc1)NC(=O)OC(C)(C)C)C1CC1. The molecule has 2 atom stereocenters. The first-order valence-corrected chi connectivity index (χ1v) is 13.5. The van der Waals surface area contributed by atoms with Crippen molar-refractivity contribution in [2.24, 2.45) is 0 Å². The van der Waals surface area contributed by atoms with Gasteiger partial charge in [0.1, 0.15) is 23.4 Å². The Hall–Kier alpha value is -3.55. The lowest BCUT2D eigenvalue weighted by Gasteiger charge is -2.35. The second-order valence-electron chi connectivity index (χ2n) is 10.9. The molecule has 0 heterocycles. The van der Waals surface area contributed by atoms with E-state index in [1.165, 1.54) is 12.1 Å². The van der Waals surface area contributed by atoms with Gasteiger partial charge in [0.05, 0.1) is 0 Å². The standard InChI is InChI=1S/C30H41N3O5/c1-5-6-10-18-31-27(35)26(22-14-11-15-24(34)20-22)33(23-16-17-23)28(36)25(19-21-12-8-7-9-13-21)32-29(37)38-30(2,3)4/h7-9,11-15,20,23,25-26,34H,5-6,10,16-19H2,1-4H3,(H,31,35)(H,32,37). The van der Waals surface area contributed by atoms with Crippen LogP contribution in [-0.2, 0) is 20.7 Å². The van der Waals surface area contributed by atoms with Crippen LogP contribution in [0.2, 0.25) is 0 Å². The van der Waals surface area contributed by atoms with Crippen molar-refractivity contribution >= 4 is 17.9 Å². The highest BCUT2D eigenvalue weighted by Gasteiger charge is 2.44. The Kier molecular flexibility index (Phi) is 10.2. The van der Waals surface area contributed by atoms with Gasteiger partial charge in [-0.05, 0) is 63.3 Å². The van der Waals surface area contributed by atoms with Crippen LogP contribution in [0.3, 0.4) is 0 Å². The number of ether oxygens (including phenoxy) is 1. The number of rotatable bonds is 12. The van der Waals surface area contributed by atoms with Gasteiger partial charge in [-0.25, -0.2) is 4.79 Å². The lowest BCUT2D eigenvalue weighted by Crippen LogP contribution is -2.54. The third-order valence-electron chi connectivity index (χ3n) is 6.26. The van der Waals surface area contributed by atoms with Gasteiger partial charge in [0, 0.05) is 19.0 Å². The highest BCUT2D eigenvalue weighted by atomic mass is 16.6. The summed E-state index contributed by atoms with van der Waals surface area (Å²) in [6.45, 7) is 7.88. The maximum atomic E-state index is 14.2. The maximum Gasteiger partial charge on any atom is 0.408 e. The molecule has 0 bridgehead atoms. The number of aromatic hydroxyl groups is 1. The first-order valence-electron chi connectivity index (χ1n) is 13.5. The maximum absolute atomic E-state index is 14.2. The Morgan fingerprint density at radius 2 is 1.76 bits per heavy atom. The molecule has 0 saturated heterocycles. The summed E-state index contributed by atoms with van der Waals surface area (Å²) in [5.41, 5.74) is 0.660. The topological polar surface area (TPSA) is 108 Å². The fourth-order valence-corrected chi connectivity index (χ4v) is 4.37. The number of benzene rings is 2. The van der Waals surface area contributed by atoms with Gasteiger partial charge in [-0.1, -0.05) is 62.2 Å². The van der Waals surface area contributed by atoms with Gasteiger partial charge in [0.25, 0.3) is 0 Å². The zero-order chi connectivity index (χ0) is 27.7. The van der Waals surface area contributed by atoms with E-state index < -0.39 is 23.8 Å². The summed E-state index contributed by atoms with van der Waals surface area (Å²) in [5, 5.41) is 15.9. The number of hydrogen-bond donors (Lipinski definition) is 3. The second kappa shape index (κ2) is 13.3. The minimum absolute atomic E-state index is 0.0159. The van der Waals surface area contributed by atoms with Crippen molar-refractivity contribution in [1.29, 1.82) is 0 Å². The average molecular weight is 524 g/mol. The van der Waals surface area contributed by atoms with Crippen LogP contribution in [0, 0.1) is 0 Å². The first-order chi connectivity index (χ1) is 18.1. The normalized spacial score (nSPS) is 14.7. The largest absolute Gasteiger partial charge is 0.508 e. The molecular formula is C30H41N3O5. The van der Waals surface area contributed by atoms with Crippen molar-refractivity contribution in [3.8, 4) is 5.75 Å². The van der Waals surface area contributed by atoms with Gasteiger partial charge >= 0.3 is 6.09 Å². The van der Waals surface area contributed by atoms with E-state index in [-0.39, 0.29) is 30.0 Å². The zero-order valence-corrected chi connectivity index (χ0v) is 22.9. The van der Waals surface area contributed by atoms with Crippen LogP contribution >= 0.6 is 0 Å². The quantitative estimate of drug-likeness (QED) is 0.344. The van der Waals surface area contributed by atoms with Crippen LogP contribution < -0.4 is 10.6 Å². The molecule has 2 aromatic rings. The Bertz CT molecular complexity index is 1080. The highest BCUT2D eigenvalue weighted by molar-refractivity contribution is 5.92. The summed E-state index contributed by atoms with van der Waals surface area (Å²) in [7, 11) is 0. The van der Waals surface area contributed by atoms with Crippen molar-refractivity contribution in [3.63, 3.8) is 0 Å². The minimum atomic E-state index is -0.944. The smallest absolute Gasteiger partial charge is 0.408 e. The van der Waals surface area contributed by atoms with Gasteiger partial charge in [-0.3, -0.25) is 9.59 Å². The summed E-state index contributed by atoms with van der Waals surface area (Å²) in [5.74, 6) is -0.649. The predicted molar refractivity (Wildman–Crippen MR) is 147 cm³/mol. The number of carbonyl (C=O) groups is 3. The summed E-state index contributed by atoms with van der Waals surface area (Å²) in [6, 6.07) is 13.9. The molecule has 0 aliphatic heterocycles. The van der Waals surface area contributed by atoms with E-state index in [0.717, 1.165) is 37.7 Å². The van der Waals surface area contributed by atoms with Gasteiger partial charge in [-0.2, -0.15) is 0 Å². The fraction of sp³-hybridized carbons (Fsp3) is 0.500. The molecule has 1 aliphatic carbocycles. The van der Waals surface area contributed by atoms with E-state index in [9.17, 15) is 19.5 Å². The molecule has 1 fully saturated rings. The van der Waals surface area contributed by atoms with E-state index in [2.05, 4.69) is 17.6 Å². The van der Waals surface area contributed by atoms with E-state index in [4.69, 9.17) is 4.74 Å². The number of hydrogen-bond acceptors (Lipinski definition) is 5. The summed E-state index contributed by atoms with van der Waals surface area (Å²) in [6.07, 6.45) is 3.91. The van der Waals surface area contributed by atoms with Crippen LogP contribution in [0.25, 0.3) is 0 Å². The van der Waals surface area contributed by atoms with E-state index >= 15 is 0 Å². The lowest BCUT2D eigenvalue weighted by molar-refractivity contribution is -0.143. The number of carbonyl (C=O) groups excluding carboxylic acids is 3. The molecule has 0 radical (unpaired) electrons. The van der Waals surface area contributed by atoms with Crippen LogP contribution in [0.15, 0.2) is 54.6 Å².